The maximum atomic E-state index is 11.7. The molecule has 0 spiro atoms. The molecular formula is C12H20N2OS2. The van der Waals surface area contributed by atoms with Gasteiger partial charge in [-0.3, -0.25) is 4.79 Å². The molecule has 1 amide bonds. The first kappa shape index (κ1) is 13.3. The average Bonchev–Trinajstić information content (AvgIpc) is 2.80. The van der Waals surface area contributed by atoms with Crippen molar-refractivity contribution in [1.82, 2.24) is 10.6 Å². The molecule has 2 unspecified atom stereocenters. The molecule has 2 N–H and O–H groups in total. The van der Waals surface area contributed by atoms with E-state index in [1.807, 2.05) is 5.41 Å². The highest BCUT2D eigenvalue weighted by Gasteiger charge is 2.41. The van der Waals surface area contributed by atoms with Crippen molar-refractivity contribution in [3.05, 3.63) is 11.1 Å². The highest BCUT2D eigenvalue weighted by atomic mass is 33.1. The summed E-state index contributed by atoms with van der Waals surface area (Å²) in [7, 11) is 3.49. The van der Waals surface area contributed by atoms with Gasteiger partial charge in [0.05, 0.1) is 5.25 Å². The normalized spacial score (nSPS) is 27.2. The fourth-order valence-corrected chi connectivity index (χ4v) is 4.70. The van der Waals surface area contributed by atoms with E-state index < -0.39 is 0 Å². The lowest BCUT2D eigenvalue weighted by molar-refractivity contribution is -0.120. The number of hydrogen-bond donors (Lipinski definition) is 2. The fourth-order valence-electron chi connectivity index (χ4n) is 2.09. The molecule has 2 heterocycles. The van der Waals surface area contributed by atoms with Gasteiger partial charge in [0.15, 0.2) is 0 Å². The van der Waals surface area contributed by atoms with E-state index in [1.54, 1.807) is 21.6 Å². The Kier molecular flexibility index (Phi) is 4.82. The lowest BCUT2D eigenvalue weighted by atomic mass is 10.1. The van der Waals surface area contributed by atoms with Gasteiger partial charge in [-0.05, 0) is 18.9 Å². The Balaban J connectivity index is 1.69. The van der Waals surface area contributed by atoms with Gasteiger partial charge in [-0.25, -0.2) is 0 Å². The van der Waals surface area contributed by atoms with Crippen molar-refractivity contribution in [2.45, 2.75) is 44.4 Å². The molecule has 0 radical (unpaired) electrons. The first-order chi connectivity index (χ1) is 8.18. The molecule has 2 rings (SSSR count). The lowest BCUT2D eigenvalue weighted by Gasteiger charge is -2.14. The highest BCUT2D eigenvalue weighted by molar-refractivity contribution is 8.78. The third-order valence-electron chi connectivity index (χ3n) is 3.07. The van der Waals surface area contributed by atoms with Gasteiger partial charge in [-0.15, -0.1) is 0 Å². The molecule has 96 valence electrons. The number of amides is 1. The Hall–Kier alpha value is -0.130. The number of carbonyl (C=O) groups excluding carboxylic acids is 1. The van der Waals surface area contributed by atoms with Crippen LogP contribution in [-0.4, -0.2) is 23.7 Å². The van der Waals surface area contributed by atoms with E-state index in [2.05, 4.69) is 24.5 Å². The summed E-state index contributed by atoms with van der Waals surface area (Å²) in [5.74, 6) is 0.916. The van der Waals surface area contributed by atoms with Crippen LogP contribution in [0.15, 0.2) is 11.1 Å². The van der Waals surface area contributed by atoms with Gasteiger partial charge >= 0.3 is 0 Å². The number of unbranched alkanes of at least 4 members (excludes halogenated alkanes) is 1. The number of nitrogens with one attached hydrogen (secondary N) is 2. The quantitative estimate of drug-likeness (QED) is 0.576. The van der Waals surface area contributed by atoms with Crippen LogP contribution in [0.5, 0.6) is 0 Å². The Bertz CT molecular complexity index is 318. The molecule has 1 fully saturated rings. The van der Waals surface area contributed by atoms with Crippen LogP contribution in [0.1, 0.15) is 33.1 Å². The van der Waals surface area contributed by atoms with Crippen molar-refractivity contribution in [1.29, 1.82) is 0 Å². The molecule has 0 aliphatic carbocycles. The Labute approximate surface area is 111 Å². The summed E-state index contributed by atoms with van der Waals surface area (Å²) in [5, 5.41) is 8.69. The third kappa shape index (κ3) is 3.42. The monoisotopic (exact) mass is 272 g/mol. The smallest absolute Gasteiger partial charge is 0.242 e. The Morgan fingerprint density at radius 1 is 1.47 bits per heavy atom. The lowest BCUT2D eigenvalue weighted by Crippen LogP contribution is -2.41. The average molecular weight is 272 g/mol. The first-order valence-corrected chi connectivity index (χ1v) is 8.52. The summed E-state index contributed by atoms with van der Waals surface area (Å²) >= 11 is 0. The molecule has 0 saturated carbocycles. The SMILES string of the molecule is CC(C)CCCCNC1C(=O)NC2=CSSC21. The van der Waals surface area contributed by atoms with Crippen LogP contribution >= 0.6 is 21.6 Å². The van der Waals surface area contributed by atoms with Crippen LogP contribution in [-0.2, 0) is 4.79 Å². The number of hydrogen-bond acceptors (Lipinski definition) is 4. The van der Waals surface area contributed by atoms with Crippen molar-refractivity contribution in [3.8, 4) is 0 Å². The highest BCUT2D eigenvalue weighted by Crippen LogP contribution is 2.43. The molecule has 3 nitrogen and oxygen atoms in total. The maximum Gasteiger partial charge on any atom is 0.242 e. The molecule has 5 heteroatoms. The van der Waals surface area contributed by atoms with Crippen LogP contribution in [0, 0.1) is 5.92 Å². The largest absolute Gasteiger partial charge is 0.327 e. The summed E-state index contributed by atoms with van der Waals surface area (Å²) in [4.78, 5) is 11.7. The first-order valence-electron chi connectivity index (χ1n) is 6.25. The van der Waals surface area contributed by atoms with E-state index >= 15 is 0 Å². The van der Waals surface area contributed by atoms with Gasteiger partial charge in [-0.2, -0.15) is 0 Å². The minimum absolute atomic E-state index is 0.0275. The number of carbonyl (C=O) groups is 1. The molecule has 0 aromatic rings. The zero-order valence-corrected chi connectivity index (χ0v) is 12.0. The zero-order chi connectivity index (χ0) is 12.3. The van der Waals surface area contributed by atoms with Gasteiger partial charge in [0.1, 0.15) is 6.04 Å². The van der Waals surface area contributed by atoms with Crippen molar-refractivity contribution in [3.63, 3.8) is 0 Å². The molecule has 17 heavy (non-hydrogen) atoms. The Morgan fingerprint density at radius 3 is 3.06 bits per heavy atom. The molecule has 2 aliphatic heterocycles. The van der Waals surface area contributed by atoms with Crippen LogP contribution < -0.4 is 10.6 Å². The van der Waals surface area contributed by atoms with E-state index in [1.165, 1.54) is 12.8 Å². The predicted octanol–water partition coefficient (Wildman–Crippen LogP) is 2.51. The summed E-state index contributed by atoms with van der Waals surface area (Å²) in [6, 6.07) is -0.0275. The molecule has 2 aliphatic rings. The third-order valence-corrected chi connectivity index (χ3v) is 5.50. The van der Waals surface area contributed by atoms with E-state index in [0.717, 1.165) is 24.6 Å². The van der Waals surface area contributed by atoms with E-state index in [-0.39, 0.29) is 11.9 Å². The topological polar surface area (TPSA) is 41.1 Å². The molecule has 1 saturated heterocycles. The van der Waals surface area contributed by atoms with Crippen molar-refractivity contribution >= 4 is 27.5 Å². The van der Waals surface area contributed by atoms with Crippen LogP contribution in [0.4, 0.5) is 0 Å². The van der Waals surface area contributed by atoms with E-state index in [9.17, 15) is 4.79 Å². The van der Waals surface area contributed by atoms with Crippen LogP contribution in [0.3, 0.4) is 0 Å². The molecular weight excluding hydrogens is 252 g/mol. The number of fused-ring (bicyclic) bond motifs is 1. The van der Waals surface area contributed by atoms with E-state index in [4.69, 9.17) is 0 Å². The summed E-state index contributed by atoms with van der Waals surface area (Å²) < 4.78 is 0. The predicted molar refractivity (Wildman–Crippen MR) is 75.7 cm³/mol. The summed E-state index contributed by atoms with van der Waals surface area (Å²) in [6.07, 6.45) is 3.68. The molecule has 2 atom stereocenters. The molecule has 0 aromatic heterocycles. The van der Waals surface area contributed by atoms with Gasteiger partial charge in [0, 0.05) is 11.1 Å². The van der Waals surface area contributed by atoms with Crippen molar-refractivity contribution in [2.75, 3.05) is 6.54 Å². The molecule has 0 aromatic carbocycles. The molecule has 0 bridgehead atoms. The standard InChI is InChI=1S/C12H20N2OS2/c1-8(2)5-3-4-6-13-10-11-9(7-16-17-11)14-12(10)15/h7-8,10-11,13H,3-6H2,1-2H3,(H,14,15). The summed E-state index contributed by atoms with van der Waals surface area (Å²) in [6.45, 7) is 5.45. The second kappa shape index (κ2) is 6.16. The van der Waals surface area contributed by atoms with Gasteiger partial charge in [0.25, 0.3) is 0 Å². The second-order valence-electron chi connectivity index (χ2n) is 5.00. The van der Waals surface area contributed by atoms with Gasteiger partial charge < -0.3 is 10.6 Å². The number of rotatable bonds is 6. The van der Waals surface area contributed by atoms with Gasteiger partial charge in [0.2, 0.25) is 5.91 Å². The minimum atomic E-state index is -0.0275. The minimum Gasteiger partial charge on any atom is -0.327 e. The summed E-state index contributed by atoms with van der Waals surface area (Å²) in [5.41, 5.74) is 1.09. The fraction of sp³-hybridized carbons (Fsp3) is 0.750. The Morgan fingerprint density at radius 2 is 2.29 bits per heavy atom. The van der Waals surface area contributed by atoms with Gasteiger partial charge in [-0.1, -0.05) is 48.3 Å². The van der Waals surface area contributed by atoms with Crippen molar-refractivity contribution in [2.24, 2.45) is 5.92 Å². The van der Waals surface area contributed by atoms with Crippen molar-refractivity contribution < 1.29 is 4.79 Å². The van der Waals surface area contributed by atoms with Crippen LogP contribution in [0.25, 0.3) is 0 Å². The second-order valence-corrected chi connectivity index (χ2v) is 7.28. The maximum absolute atomic E-state index is 11.7. The zero-order valence-electron chi connectivity index (χ0n) is 10.4. The van der Waals surface area contributed by atoms with E-state index in [0.29, 0.717) is 5.25 Å². The van der Waals surface area contributed by atoms with Crippen LogP contribution in [0.2, 0.25) is 0 Å².